The minimum absolute atomic E-state index is 0.0528. The predicted octanol–water partition coefficient (Wildman–Crippen LogP) is 4.59. The number of anilines is 1. The maximum absolute atomic E-state index is 14.6. The van der Waals surface area contributed by atoms with Gasteiger partial charge in [-0.05, 0) is 42.0 Å². The zero-order chi connectivity index (χ0) is 19.7. The van der Waals surface area contributed by atoms with E-state index in [0.29, 0.717) is 21.7 Å². The zero-order valence-electron chi connectivity index (χ0n) is 14.6. The van der Waals surface area contributed by atoms with Crippen LogP contribution in [-0.2, 0) is 4.57 Å². The van der Waals surface area contributed by atoms with Gasteiger partial charge >= 0.3 is 0 Å². The Balaban J connectivity index is 1.92. The van der Waals surface area contributed by atoms with Crippen LogP contribution >= 0.6 is 19.5 Å². The molecule has 0 radical (unpaired) electrons. The summed E-state index contributed by atoms with van der Waals surface area (Å²) < 4.78 is 16.2. The number of thiocarbonyl (C=S) groups is 1. The van der Waals surface area contributed by atoms with Crippen LogP contribution in [0.3, 0.4) is 0 Å². The van der Waals surface area contributed by atoms with E-state index in [1.165, 1.54) is 12.1 Å². The molecule has 4 rings (SSSR count). The molecule has 0 amide bonds. The zero-order valence-corrected chi connectivity index (χ0v) is 16.3. The van der Waals surface area contributed by atoms with Gasteiger partial charge in [-0.25, -0.2) is 0 Å². The molecule has 1 saturated heterocycles. The lowest BCUT2D eigenvalue weighted by molar-refractivity contribution is -0.384. The van der Waals surface area contributed by atoms with E-state index in [4.69, 9.17) is 12.2 Å². The van der Waals surface area contributed by atoms with Crippen LogP contribution < -0.4 is 15.3 Å². The highest BCUT2D eigenvalue weighted by Crippen LogP contribution is 2.64. The minimum Gasteiger partial charge on any atom is -0.346 e. The number of nitro groups is 1. The van der Waals surface area contributed by atoms with Crippen LogP contribution in [0.4, 0.5) is 11.4 Å². The normalized spacial score (nSPS) is 21.4. The lowest BCUT2D eigenvalue weighted by Crippen LogP contribution is -2.27. The molecule has 1 heterocycles. The third-order valence-corrected chi connectivity index (χ3v) is 8.25. The van der Waals surface area contributed by atoms with Gasteiger partial charge in [-0.15, -0.1) is 0 Å². The van der Waals surface area contributed by atoms with Crippen LogP contribution in [0.15, 0.2) is 84.9 Å². The molecule has 28 heavy (non-hydrogen) atoms. The number of rotatable bonds is 4. The molecule has 1 aliphatic heterocycles. The second kappa shape index (κ2) is 7.19. The predicted molar refractivity (Wildman–Crippen MR) is 114 cm³/mol. The van der Waals surface area contributed by atoms with Crippen LogP contribution in [0.2, 0.25) is 0 Å². The largest absolute Gasteiger partial charge is 0.346 e. The average Bonchev–Trinajstić information content (AvgIpc) is 3.01. The Hall–Kier alpha value is -3.02. The molecule has 0 bridgehead atoms. The minimum atomic E-state index is -3.33. The first-order chi connectivity index (χ1) is 13.5. The quantitative estimate of drug-likeness (QED) is 0.294. The Morgan fingerprint density at radius 3 is 2.25 bits per heavy atom. The van der Waals surface area contributed by atoms with Gasteiger partial charge in [0, 0.05) is 17.4 Å². The molecule has 1 N–H and O–H groups in total. The number of nitrogens with zero attached hydrogens (tertiary/aromatic N) is 2. The van der Waals surface area contributed by atoms with Gasteiger partial charge in [0.2, 0.25) is 7.29 Å². The van der Waals surface area contributed by atoms with Gasteiger partial charge in [0.15, 0.2) is 5.11 Å². The summed E-state index contributed by atoms with van der Waals surface area (Å²) in [5.41, 5.74) is 1.21. The highest BCUT2D eigenvalue weighted by molar-refractivity contribution is 7.84. The van der Waals surface area contributed by atoms with Gasteiger partial charge in [0.1, 0.15) is 5.78 Å². The molecule has 0 aliphatic carbocycles. The number of benzene rings is 3. The topological polar surface area (TPSA) is 75.5 Å². The van der Waals surface area contributed by atoms with E-state index in [2.05, 4.69) is 5.32 Å². The van der Waals surface area contributed by atoms with E-state index in [-0.39, 0.29) is 5.69 Å². The van der Waals surface area contributed by atoms with E-state index >= 15 is 0 Å². The molecule has 0 unspecified atom stereocenters. The van der Waals surface area contributed by atoms with Crippen LogP contribution in [0.1, 0.15) is 11.3 Å². The summed E-state index contributed by atoms with van der Waals surface area (Å²) in [5.74, 6) is -0.692. The number of para-hydroxylation sites is 1. The summed E-state index contributed by atoms with van der Waals surface area (Å²) in [7, 11) is -3.33. The molecule has 3 aromatic rings. The third kappa shape index (κ3) is 2.99. The SMILES string of the molecule is O=[N+]([O-])c1cccc([C@@H]2NC(=S)N(c3ccccc3)[P@@]2(=O)c2ccccc2)c1. The number of hydrogen-bond acceptors (Lipinski definition) is 4. The van der Waals surface area contributed by atoms with Gasteiger partial charge < -0.3 is 5.32 Å². The molecular formula is C20H16N3O3PS. The van der Waals surface area contributed by atoms with Crippen molar-refractivity contribution in [3.63, 3.8) is 0 Å². The van der Waals surface area contributed by atoms with Gasteiger partial charge in [0.05, 0.1) is 10.6 Å². The Labute approximate surface area is 167 Å². The van der Waals surface area contributed by atoms with E-state index in [0.717, 1.165) is 0 Å². The fourth-order valence-electron chi connectivity index (χ4n) is 3.37. The van der Waals surface area contributed by atoms with E-state index in [1.807, 2.05) is 48.5 Å². The molecule has 0 saturated carbocycles. The highest BCUT2D eigenvalue weighted by atomic mass is 32.1. The van der Waals surface area contributed by atoms with Crippen molar-refractivity contribution in [2.45, 2.75) is 5.78 Å². The fourth-order valence-corrected chi connectivity index (χ4v) is 7.07. The Morgan fingerprint density at radius 1 is 0.964 bits per heavy atom. The lowest BCUT2D eigenvalue weighted by atomic mass is 10.2. The summed E-state index contributed by atoms with van der Waals surface area (Å²) >= 11 is 5.54. The monoisotopic (exact) mass is 409 g/mol. The first kappa shape index (κ1) is 18.3. The second-order valence-corrected chi connectivity index (χ2v) is 9.38. The van der Waals surface area contributed by atoms with Crippen LogP contribution in [-0.4, -0.2) is 10.0 Å². The molecule has 1 aliphatic rings. The molecule has 2 atom stereocenters. The third-order valence-electron chi connectivity index (χ3n) is 4.62. The van der Waals surface area contributed by atoms with Crippen molar-refractivity contribution in [1.29, 1.82) is 0 Å². The maximum Gasteiger partial charge on any atom is 0.269 e. The average molecular weight is 409 g/mol. The van der Waals surface area contributed by atoms with Crippen molar-refractivity contribution < 1.29 is 9.49 Å². The van der Waals surface area contributed by atoms with Crippen molar-refractivity contribution in [3.05, 3.63) is 101 Å². The van der Waals surface area contributed by atoms with Gasteiger partial charge in [-0.2, -0.15) is 0 Å². The Morgan fingerprint density at radius 2 is 1.61 bits per heavy atom. The Bertz CT molecular complexity index is 1090. The van der Waals surface area contributed by atoms with Crippen molar-refractivity contribution >= 4 is 41.3 Å². The molecule has 6 nitrogen and oxygen atoms in total. The number of hydrogen-bond donors (Lipinski definition) is 1. The van der Waals surface area contributed by atoms with Crippen molar-refractivity contribution in [2.75, 3.05) is 4.67 Å². The molecule has 0 aromatic heterocycles. The highest BCUT2D eigenvalue weighted by Gasteiger charge is 2.50. The summed E-state index contributed by atoms with van der Waals surface area (Å²) in [6.45, 7) is 0. The van der Waals surface area contributed by atoms with Crippen molar-refractivity contribution in [1.82, 2.24) is 5.32 Å². The molecule has 140 valence electrons. The lowest BCUT2D eigenvalue weighted by Gasteiger charge is -2.28. The smallest absolute Gasteiger partial charge is 0.269 e. The first-order valence-corrected chi connectivity index (χ1v) is 10.7. The van der Waals surface area contributed by atoms with Gasteiger partial charge in [0.25, 0.3) is 5.69 Å². The molecule has 0 spiro atoms. The van der Waals surface area contributed by atoms with Crippen LogP contribution in [0, 0.1) is 10.1 Å². The van der Waals surface area contributed by atoms with Gasteiger partial charge in [-0.3, -0.25) is 19.3 Å². The Kier molecular flexibility index (Phi) is 4.71. The van der Waals surface area contributed by atoms with Crippen LogP contribution in [0.5, 0.6) is 0 Å². The number of nitro benzene ring substituents is 1. The molecule has 3 aromatic carbocycles. The van der Waals surface area contributed by atoms with Crippen LogP contribution in [0.25, 0.3) is 0 Å². The first-order valence-electron chi connectivity index (χ1n) is 8.57. The molecular weight excluding hydrogens is 393 g/mol. The van der Waals surface area contributed by atoms with E-state index in [1.54, 1.807) is 28.9 Å². The summed E-state index contributed by atoms with van der Waals surface area (Å²) in [4.78, 5) is 10.8. The molecule has 8 heteroatoms. The van der Waals surface area contributed by atoms with Crippen molar-refractivity contribution in [2.24, 2.45) is 0 Å². The second-order valence-electron chi connectivity index (χ2n) is 6.31. The maximum atomic E-state index is 14.6. The van der Waals surface area contributed by atoms with Gasteiger partial charge in [-0.1, -0.05) is 48.5 Å². The summed E-state index contributed by atoms with van der Waals surface area (Å²) in [6.07, 6.45) is 0. The fraction of sp³-hybridized carbons (Fsp3) is 0.0500. The number of non-ortho nitro benzene ring substituents is 1. The summed E-state index contributed by atoms with van der Waals surface area (Å²) in [6, 6.07) is 24.6. The van der Waals surface area contributed by atoms with Crippen molar-refractivity contribution in [3.8, 4) is 0 Å². The number of nitrogens with one attached hydrogen (secondary N) is 1. The van der Waals surface area contributed by atoms with E-state index in [9.17, 15) is 14.7 Å². The summed E-state index contributed by atoms with van der Waals surface area (Å²) in [5, 5.41) is 15.3. The molecule has 1 fully saturated rings. The standard InChI is InChI=1S/C20H16N3O3PS/c24-23(25)17-11-7-8-15(14-17)19-21-20(28)22(16-9-3-1-4-10-16)27(19,26)18-12-5-2-6-13-18/h1-14,19H,(H,21,28)/t19-,27-/m1/s1. The van der Waals surface area contributed by atoms with E-state index < -0.39 is 18.0 Å².